The van der Waals surface area contributed by atoms with E-state index >= 15 is 0 Å². The van der Waals surface area contributed by atoms with Gasteiger partial charge < -0.3 is 15.6 Å². The Morgan fingerprint density at radius 3 is 2.65 bits per heavy atom. The molecule has 0 atom stereocenters. The molecular formula is C12H18N2O3. The van der Waals surface area contributed by atoms with E-state index in [2.05, 4.69) is 5.32 Å². The van der Waals surface area contributed by atoms with Crippen molar-refractivity contribution in [2.24, 2.45) is 5.73 Å². The lowest BCUT2D eigenvalue weighted by molar-refractivity contribution is -0.123. The molecule has 1 aromatic rings. The molecular weight excluding hydrogens is 220 g/mol. The molecule has 0 radical (unpaired) electrons. The van der Waals surface area contributed by atoms with Gasteiger partial charge in [-0.05, 0) is 31.5 Å². The first-order valence-corrected chi connectivity index (χ1v) is 5.27. The maximum absolute atomic E-state index is 11.1. The van der Waals surface area contributed by atoms with Gasteiger partial charge >= 0.3 is 0 Å². The molecule has 0 aromatic heterocycles. The Balaban J connectivity index is 2.71. The molecule has 0 fully saturated rings. The first kappa shape index (κ1) is 13.3. The first-order valence-electron chi connectivity index (χ1n) is 5.27. The molecule has 94 valence electrons. The molecule has 1 amide bonds. The average Bonchev–Trinajstić information content (AvgIpc) is 2.26. The summed E-state index contributed by atoms with van der Waals surface area (Å²) in [4.78, 5) is 11.1. The molecule has 0 aliphatic heterocycles. The van der Waals surface area contributed by atoms with Crippen molar-refractivity contribution in [3.05, 3.63) is 23.8 Å². The number of hydrogen-bond acceptors (Lipinski definition) is 4. The molecule has 0 saturated carbocycles. The quantitative estimate of drug-likeness (QED) is 0.707. The largest absolute Gasteiger partial charge is 0.504 e. The zero-order chi connectivity index (χ0) is 13.1. The fourth-order valence-corrected chi connectivity index (χ4v) is 1.26. The molecule has 0 aliphatic rings. The van der Waals surface area contributed by atoms with Crippen molar-refractivity contribution in [1.29, 1.82) is 0 Å². The number of carbonyl (C=O) groups excluding carboxylic acids is 1. The zero-order valence-electron chi connectivity index (χ0n) is 10.3. The summed E-state index contributed by atoms with van der Waals surface area (Å²) in [6.07, 6.45) is 0. The number of benzene rings is 1. The summed E-state index contributed by atoms with van der Waals surface area (Å²) in [5.41, 5.74) is 5.30. The van der Waals surface area contributed by atoms with E-state index in [4.69, 9.17) is 10.5 Å². The molecule has 1 aromatic carbocycles. The van der Waals surface area contributed by atoms with Gasteiger partial charge in [0.15, 0.2) is 11.5 Å². The van der Waals surface area contributed by atoms with E-state index in [9.17, 15) is 9.90 Å². The first-order chi connectivity index (χ1) is 7.86. The summed E-state index contributed by atoms with van der Waals surface area (Å²) in [6.45, 7) is 3.85. The third kappa shape index (κ3) is 3.35. The number of rotatable bonds is 5. The highest BCUT2D eigenvalue weighted by atomic mass is 16.5. The second-order valence-electron chi connectivity index (χ2n) is 4.35. The molecule has 5 heteroatoms. The number of primary amides is 1. The van der Waals surface area contributed by atoms with Crippen molar-refractivity contribution < 1.29 is 14.6 Å². The van der Waals surface area contributed by atoms with Crippen molar-refractivity contribution in [3.63, 3.8) is 0 Å². The van der Waals surface area contributed by atoms with Crippen LogP contribution in [0.5, 0.6) is 11.5 Å². The SMILES string of the molecule is COc1ccc(CNC(C)(C)C(N)=O)cc1O. The minimum absolute atomic E-state index is 0.0729. The topological polar surface area (TPSA) is 84.6 Å². The van der Waals surface area contributed by atoms with Crippen LogP contribution in [0.15, 0.2) is 18.2 Å². The summed E-state index contributed by atoms with van der Waals surface area (Å²) in [6, 6.07) is 5.06. The van der Waals surface area contributed by atoms with E-state index in [1.807, 2.05) is 6.07 Å². The second-order valence-corrected chi connectivity index (χ2v) is 4.35. The van der Waals surface area contributed by atoms with Crippen LogP contribution in [0.3, 0.4) is 0 Å². The van der Waals surface area contributed by atoms with Crippen molar-refractivity contribution in [3.8, 4) is 11.5 Å². The van der Waals surface area contributed by atoms with E-state index in [1.165, 1.54) is 7.11 Å². The van der Waals surface area contributed by atoms with E-state index in [1.54, 1.807) is 26.0 Å². The molecule has 0 unspecified atom stereocenters. The Hall–Kier alpha value is -1.75. The van der Waals surface area contributed by atoms with Crippen LogP contribution in [0.1, 0.15) is 19.4 Å². The van der Waals surface area contributed by atoms with Gasteiger partial charge in [-0.2, -0.15) is 0 Å². The number of methoxy groups -OCH3 is 1. The lowest BCUT2D eigenvalue weighted by Crippen LogP contribution is -2.50. The number of amides is 1. The molecule has 4 N–H and O–H groups in total. The molecule has 5 nitrogen and oxygen atoms in total. The summed E-state index contributed by atoms with van der Waals surface area (Å²) in [5.74, 6) is 0.0711. The van der Waals surface area contributed by atoms with Gasteiger partial charge in [-0.3, -0.25) is 10.1 Å². The average molecular weight is 238 g/mol. The van der Waals surface area contributed by atoms with Gasteiger partial charge in [-0.1, -0.05) is 6.07 Å². The Morgan fingerprint density at radius 1 is 1.53 bits per heavy atom. The molecule has 1 rings (SSSR count). The standard InChI is InChI=1S/C12H18N2O3/c1-12(2,11(13)16)14-7-8-4-5-10(17-3)9(15)6-8/h4-6,14-15H,7H2,1-3H3,(H2,13,16). The van der Waals surface area contributed by atoms with Gasteiger partial charge in [0.1, 0.15) is 0 Å². The molecule has 17 heavy (non-hydrogen) atoms. The van der Waals surface area contributed by atoms with Crippen molar-refractivity contribution in [2.45, 2.75) is 25.9 Å². The van der Waals surface area contributed by atoms with Crippen LogP contribution < -0.4 is 15.8 Å². The Kier molecular flexibility index (Phi) is 3.96. The van der Waals surface area contributed by atoms with Crippen LogP contribution in [0, 0.1) is 0 Å². The van der Waals surface area contributed by atoms with E-state index < -0.39 is 11.4 Å². The lowest BCUT2D eigenvalue weighted by atomic mass is 10.0. The number of phenolic OH excluding ortho intramolecular Hbond substituents is 1. The highest BCUT2D eigenvalue weighted by Gasteiger charge is 2.23. The van der Waals surface area contributed by atoms with Gasteiger partial charge in [-0.25, -0.2) is 0 Å². The molecule has 0 spiro atoms. The summed E-state index contributed by atoms with van der Waals surface area (Å²) in [5, 5.41) is 12.6. The Morgan fingerprint density at radius 2 is 2.18 bits per heavy atom. The molecule has 0 aliphatic carbocycles. The lowest BCUT2D eigenvalue weighted by Gasteiger charge is -2.22. The third-order valence-corrected chi connectivity index (χ3v) is 2.59. The van der Waals surface area contributed by atoms with Crippen LogP contribution in [0.2, 0.25) is 0 Å². The van der Waals surface area contributed by atoms with Crippen molar-refractivity contribution >= 4 is 5.91 Å². The zero-order valence-corrected chi connectivity index (χ0v) is 10.3. The van der Waals surface area contributed by atoms with Crippen molar-refractivity contribution in [2.75, 3.05) is 7.11 Å². The number of carbonyl (C=O) groups is 1. The summed E-state index contributed by atoms with van der Waals surface area (Å²) < 4.78 is 4.94. The number of hydrogen-bond donors (Lipinski definition) is 3. The van der Waals surface area contributed by atoms with E-state index in [0.29, 0.717) is 12.3 Å². The number of phenols is 1. The summed E-state index contributed by atoms with van der Waals surface area (Å²) >= 11 is 0. The van der Waals surface area contributed by atoms with Gasteiger partial charge in [0.2, 0.25) is 5.91 Å². The molecule has 0 bridgehead atoms. The highest BCUT2D eigenvalue weighted by molar-refractivity contribution is 5.83. The predicted molar refractivity (Wildman–Crippen MR) is 64.8 cm³/mol. The summed E-state index contributed by atoms with van der Waals surface area (Å²) in [7, 11) is 1.49. The van der Waals surface area contributed by atoms with E-state index in [-0.39, 0.29) is 5.75 Å². The minimum Gasteiger partial charge on any atom is -0.504 e. The molecule has 0 saturated heterocycles. The fraction of sp³-hybridized carbons (Fsp3) is 0.417. The van der Waals surface area contributed by atoms with Crippen LogP contribution >= 0.6 is 0 Å². The van der Waals surface area contributed by atoms with Crippen LogP contribution in [-0.4, -0.2) is 23.7 Å². The number of nitrogens with one attached hydrogen (secondary N) is 1. The van der Waals surface area contributed by atoms with Crippen molar-refractivity contribution in [1.82, 2.24) is 5.32 Å². The maximum atomic E-state index is 11.1. The number of nitrogens with two attached hydrogens (primary N) is 1. The van der Waals surface area contributed by atoms with Crippen LogP contribution in [0.4, 0.5) is 0 Å². The Bertz CT molecular complexity index is 416. The van der Waals surface area contributed by atoms with Gasteiger partial charge in [0.05, 0.1) is 12.6 Å². The number of ether oxygens (including phenoxy) is 1. The normalized spacial score (nSPS) is 11.2. The maximum Gasteiger partial charge on any atom is 0.237 e. The van der Waals surface area contributed by atoms with Gasteiger partial charge in [-0.15, -0.1) is 0 Å². The van der Waals surface area contributed by atoms with Crippen LogP contribution in [-0.2, 0) is 11.3 Å². The smallest absolute Gasteiger partial charge is 0.237 e. The predicted octanol–water partition coefficient (Wildman–Crippen LogP) is 0.754. The Labute approximate surface area is 101 Å². The van der Waals surface area contributed by atoms with E-state index in [0.717, 1.165) is 5.56 Å². The van der Waals surface area contributed by atoms with Gasteiger partial charge in [0, 0.05) is 6.54 Å². The minimum atomic E-state index is -0.782. The molecule has 0 heterocycles. The monoisotopic (exact) mass is 238 g/mol. The fourth-order valence-electron chi connectivity index (χ4n) is 1.26. The third-order valence-electron chi connectivity index (χ3n) is 2.59. The number of aromatic hydroxyl groups is 1. The van der Waals surface area contributed by atoms with Crippen LogP contribution in [0.25, 0.3) is 0 Å². The second kappa shape index (κ2) is 5.05. The van der Waals surface area contributed by atoms with Gasteiger partial charge in [0.25, 0.3) is 0 Å². The highest BCUT2D eigenvalue weighted by Crippen LogP contribution is 2.26.